The number of nitrogens with zero attached hydrogens (tertiary/aromatic N) is 2. The van der Waals surface area contributed by atoms with Gasteiger partial charge in [0.15, 0.2) is 11.5 Å². The SMILES string of the molecule is C[C@]1(Cc2ccc3c(c2)OCO3)CCCN(C(=O)N2CCOCC2)C1. The summed E-state index contributed by atoms with van der Waals surface area (Å²) >= 11 is 0. The molecule has 0 spiro atoms. The Kier molecular flexibility index (Phi) is 4.46. The minimum absolute atomic E-state index is 0.0912. The number of rotatable bonds is 2. The van der Waals surface area contributed by atoms with Gasteiger partial charge in [0.2, 0.25) is 6.79 Å². The number of hydrogen-bond acceptors (Lipinski definition) is 4. The Hall–Kier alpha value is -1.95. The minimum atomic E-state index is 0.0912. The van der Waals surface area contributed by atoms with Crippen molar-refractivity contribution in [2.45, 2.75) is 26.2 Å². The van der Waals surface area contributed by atoms with Gasteiger partial charge >= 0.3 is 6.03 Å². The Bertz CT molecular complexity index is 644. The van der Waals surface area contributed by atoms with Gasteiger partial charge < -0.3 is 24.0 Å². The second-order valence-corrected chi connectivity index (χ2v) is 7.58. The Morgan fingerprint density at radius 2 is 1.92 bits per heavy atom. The van der Waals surface area contributed by atoms with E-state index in [2.05, 4.69) is 19.1 Å². The van der Waals surface area contributed by atoms with E-state index < -0.39 is 0 Å². The zero-order chi connectivity index (χ0) is 17.3. The van der Waals surface area contributed by atoms with E-state index in [1.165, 1.54) is 5.56 Å². The molecular weight excluding hydrogens is 320 g/mol. The summed E-state index contributed by atoms with van der Waals surface area (Å²) in [5.74, 6) is 1.65. The zero-order valence-electron chi connectivity index (χ0n) is 14.8. The van der Waals surface area contributed by atoms with Crippen molar-refractivity contribution >= 4 is 6.03 Å². The molecule has 0 bridgehead atoms. The van der Waals surface area contributed by atoms with Crippen LogP contribution in [-0.4, -0.2) is 62.0 Å². The molecule has 0 N–H and O–H groups in total. The molecule has 2 fully saturated rings. The molecule has 2 amide bonds. The second kappa shape index (κ2) is 6.75. The van der Waals surface area contributed by atoms with Crippen LogP contribution in [0.4, 0.5) is 4.79 Å². The molecule has 0 radical (unpaired) electrons. The van der Waals surface area contributed by atoms with E-state index in [1.807, 2.05) is 15.9 Å². The maximum absolute atomic E-state index is 12.8. The number of ether oxygens (including phenoxy) is 3. The summed E-state index contributed by atoms with van der Waals surface area (Å²) < 4.78 is 16.2. The lowest BCUT2D eigenvalue weighted by molar-refractivity contribution is 0.0330. The van der Waals surface area contributed by atoms with Crippen LogP contribution in [0.2, 0.25) is 0 Å². The summed E-state index contributed by atoms with van der Waals surface area (Å²) in [5.41, 5.74) is 1.33. The molecule has 1 aromatic rings. The molecule has 1 atom stereocenters. The number of piperidine rings is 1. The van der Waals surface area contributed by atoms with Gasteiger partial charge in [0, 0.05) is 26.2 Å². The number of amides is 2. The van der Waals surface area contributed by atoms with Gasteiger partial charge in [-0.25, -0.2) is 4.79 Å². The van der Waals surface area contributed by atoms with E-state index in [4.69, 9.17) is 14.2 Å². The van der Waals surface area contributed by atoms with Crippen LogP contribution < -0.4 is 9.47 Å². The van der Waals surface area contributed by atoms with E-state index >= 15 is 0 Å². The van der Waals surface area contributed by atoms with E-state index in [9.17, 15) is 4.79 Å². The summed E-state index contributed by atoms with van der Waals surface area (Å²) in [6.45, 7) is 6.95. The van der Waals surface area contributed by atoms with Gasteiger partial charge in [-0.05, 0) is 42.4 Å². The second-order valence-electron chi connectivity index (χ2n) is 7.58. The summed E-state index contributed by atoms with van der Waals surface area (Å²) in [5, 5.41) is 0. The van der Waals surface area contributed by atoms with Gasteiger partial charge in [-0.15, -0.1) is 0 Å². The van der Waals surface area contributed by atoms with Crippen molar-refractivity contribution in [3.05, 3.63) is 23.8 Å². The Morgan fingerprint density at radius 1 is 1.12 bits per heavy atom. The Labute approximate surface area is 148 Å². The fourth-order valence-electron chi connectivity index (χ4n) is 4.12. The summed E-state index contributed by atoms with van der Waals surface area (Å²) in [6, 6.07) is 6.35. The summed E-state index contributed by atoms with van der Waals surface area (Å²) in [6.07, 6.45) is 3.13. The average molecular weight is 346 g/mol. The van der Waals surface area contributed by atoms with Gasteiger partial charge in [-0.3, -0.25) is 0 Å². The van der Waals surface area contributed by atoms with E-state index in [1.54, 1.807) is 0 Å². The lowest BCUT2D eigenvalue weighted by Gasteiger charge is -2.43. The highest BCUT2D eigenvalue weighted by Gasteiger charge is 2.35. The lowest BCUT2D eigenvalue weighted by Crippen LogP contribution is -2.53. The first kappa shape index (κ1) is 16.5. The monoisotopic (exact) mass is 346 g/mol. The van der Waals surface area contributed by atoms with Gasteiger partial charge in [0.05, 0.1) is 13.2 Å². The number of carbonyl (C=O) groups is 1. The number of fused-ring (bicyclic) bond motifs is 1. The van der Waals surface area contributed by atoms with Crippen molar-refractivity contribution in [1.82, 2.24) is 9.80 Å². The Balaban J connectivity index is 1.43. The maximum atomic E-state index is 12.8. The third kappa shape index (κ3) is 3.54. The van der Waals surface area contributed by atoms with E-state index in [0.717, 1.165) is 43.9 Å². The third-order valence-electron chi connectivity index (χ3n) is 5.40. The number of morpholine rings is 1. The van der Waals surface area contributed by atoms with Crippen LogP contribution in [0.3, 0.4) is 0 Å². The highest BCUT2D eigenvalue weighted by atomic mass is 16.7. The quantitative estimate of drug-likeness (QED) is 0.826. The molecule has 0 aliphatic carbocycles. The average Bonchev–Trinajstić information content (AvgIpc) is 3.09. The summed E-state index contributed by atoms with van der Waals surface area (Å²) in [7, 11) is 0. The first-order valence-electron chi connectivity index (χ1n) is 9.13. The van der Waals surface area contributed by atoms with Crippen LogP contribution in [0.1, 0.15) is 25.3 Å². The maximum Gasteiger partial charge on any atom is 0.320 e. The molecule has 0 aromatic heterocycles. The molecule has 25 heavy (non-hydrogen) atoms. The molecule has 0 unspecified atom stereocenters. The molecule has 136 valence electrons. The third-order valence-corrected chi connectivity index (χ3v) is 5.40. The molecular formula is C19H26N2O4. The topological polar surface area (TPSA) is 51.2 Å². The fourth-order valence-corrected chi connectivity index (χ4v) is 4.12. The van der Waals surface area contributed by atoms with Crippen LogP contribution in [-0.2, 0) is 11.2 Å². The van der Waals surface area contributed by atoms with E-state index in [0.29, 0.717) is 33.1 Å². The molecule has 0 saturated carbocycles. The zero-order valence-corrected chi connectivity index (χ0v) is 14.8. The first-order chi connectivity index (χ1) is 12.1. The van der Waals surface area contributed by atoms with Crippen LogP contribution >= 0.6 is 0 Å². The predicted octanol–water partition coefficient (Wildman–Crippen LogP) is 2.51. The van der Waals surface area contributed by atoms with Crippen molar-refractivity contribution in [2.24, 2.45) is 5.41 Å². The molecule has 3 aliphatic heterocycles. The molecule has 6 heteroatoms. The predicted molar refractivity (Wildman–Crippen MR) is 93.0 cm³/mol. The molecule has 2 saturated heterocycles. The van der Waals surface area contributed by atoms with Gasteiger partial charge in [-0.1, -0.05) is 13.0 Å². The smallest absolute Gasteiger partial charge is 0.320 e. The van der Waals surface area contributed by atoms with Crippen molar-refractivity contribution in [3.8, 4) is 11.5 Å². The van der Waals surface area contributed by atoms with Gasteiger partial charge in [0.25, 0.3) is 0 Å². The van der Waals surface area contributed by atoms with Gasteiger partial charge in [0.1, 0.15) is 0 Å². The van der Waals surface area contributed by atoms with Gasteiger partial charge in [-0.2, -0.15) is 0 Å². The van der Waals surface area contributed by atoms with Crippen molar-refractivity contribution in [2.75, 3.05) is 46.2 Å². The highest BCUT2D eigenvalue weighted by Crippen LogP contribution is 2.37. The van der Waals surface area contributed by atoms with Crippen molar-refractivity contribution in [3.63, 3.8) is 0 Å². The largest absolute Gasteiger partial charge is 0.454 e. The van der Waals surface area contributed by atoms with Crippen LogP contribution in [0.5, 0.6) is 11.5 Å². The number of benzene rings is 1. The number of urea groups is 1. The van der Waals surface area contributed by atoms with Crippen molar-refractivity contribution in [1.29, 1.82) is 0 Å². The molecule has 1 aromatic carbocycles. The molecule has 3 heterocycles. The molecule has 3 aliphatic rings. The molecule has 4 rings (SSSR count). The van der Waals surface area contributed by atoms with Crippen LogP contribution in [0.15, 0.2) is 18.2 Å². The molecule has 6 nitrogen and oxygen atoms in total. The van der Waals surface area contributed by atoms with Crippen molar-refractivity contribution < 1.29 is 19.0 Å². The highest BCUT2D eigenvalue weighted by molar-refractivity contribution is 5.74. The number of likely N-dealkylation sites (tertiary alicyclic amines) is 1. The number of hydrogen-bond donors (Lipinski definition) is 0. The van der Waals surface area contributed by atoms with E-state index in [-0.39, 0.29) is 11.4 Å². The van der Waals surface area contributed by atoms with Crippen LogP contribution in [0, 0.1) is 5.41 Å². The minimum Gasteiger partial charge on any atom is -0.454 e. The summed E-state index contributed by atoms with van der Waals surface area (Å²) in [4.78, 5) is 16.8. The normalized spacial score (nSPS) is 26.0. The number of carbonyl (C=O) groups excluding carboxylic acids is 1. The first-order valence-corrected chi connectivity index (χ1v) is 9.13. The fraction of sp³-hybridized carbons (Fsp3) is 0.632. The standard InChI is InChI=1S/C19H26N2O4/c1-19(12-15-3-4-16-17(11-15)25-14-24-16)5-2-6-21(13-19)18(22)20-7-9-23-10-8-20/h3-4,11H,2,5-10,12-14H2,1H3/t19-/m1/s1. The lowest BCUT2D eigenvalue weighted by atomic mass is 9.77. The Morgan fingerprint density at radius 3 is 2.76 bits per heavy atom. The van der Waals surface area contributed by atoms with Crippen LogP contribution in [0.25, 0.3) is 0 Å².